The Morgan fingerprint density at radius 3 is 2.12 bits per heavy atom. The molecular weight excluding hydrogens is 210 g/mol. The van der Waals surface area contributed by atoms with E-state index in [2.05, 4.69) is 14.8 Å². The highest BCUT2D eigenvalue weighted by atomic mass is 16.5. The molecule has 0 aromatic rings. The highest BCUT2D eigenvalue weighted by Crippen LogP contribution is 2.07. The maximum Gasteiger partial charge on any atom is 0.322 e. The number of nitrogens with one attached hydrogen (secondary N) is 1. The molecule has 0 rings (SSSR count). The van der Waals surface area contributed by atoms with Crippen LogP contribution >= 0.6 is 0 Å². The van der Waals surface area contributed by atoms with E-state index in [1.807, 2.05) is 20.8 Å². The Bertz CT molecular complexity index is 245. The lowest BCUT2D eigenvalue weighted by molar-refractivity contribution is -0.145. The Balaban J connectivity index is 4.33. The normalized spacial score (nSPS) is 13.1. The van der Waals surface area contributed by atoms with Crippen molar-refractivity contribution in [1.82, 2.24) is 5.32 Å². The molecular formula is C11H21NO4. The van der Waals surface area contributed by atoms with E-state index in [1.165, 1.54) is 14.2 Å². The number of esters is 2. The van der Waals surface area contributed by atoms with Crippen LogP contribution in [0.5, 0.6) is 0 Å². The monoisotopic (exact) mass is 231 g/mol. The van der Waals surface area contributed by atoms with Crippen molar-refractivity contribution in [3.05, 3.63) is 0 Å². The lowest BCUT2D eigenvalue weighted by Gasteiger charge is -2.26. The molecule has 0 bridgehead atoms. The second kappa shape index (κ2) is 6.48. The summed E-state index contributed by atoms with van der Waals surface area (Å²) in [5.74, 6) is -0.691. The SMILES string of the molecule is COC(=O)CC[C@H](NC(C)(C)C)C(=O)OC. The summed E-state index contributed by atoms with van der Waals surface area (Å²) in [5, 5.41) is 3.10. The van der Waals surface area contributed by atoms with Crippen molar-refractivity contribution < 1.29 is 19.1 Å². The van der Waals surface area contributed by atoms with Crippen LogP contribution in [0.15, 0.2) is 0 Å². The first-order chi connectivity index (χ1) is 7.30. The highest BCUT2D eigenvalue weighted by Gasteiger charge is 2.25. The summed E-state index contributed by atoms with van der Waals surface area (Å²) in [6, 6.07) is -0.482. The lowest BCUT2D eigenvalue weighted by Crippen LogP contribution is -2.48. The molecule has 5 nitrogen and oxygen atoms in total. The summed E-state index contributed by atoms with van der Waals surface area (Å²) in [6.07, 6.45) is 0.565. The molecule has 16 heavy (non-hydrogen) atoms. The van der Waals surface area contributed by atoms with Crippen LogP contribution in [-0.2, 0) is 19.1 Å². The zero-order valence-electron chi connectivity index (χ0n) is 10.6. The summed E-state index contributed by atoms with van der Waals surface area (Å²) in [4.78, 5) is 22.4. The predicted molar refractivity (Wildman–Crippen MR) is 59.9 cm³/mol. The molecule has 0 aliphatic carbocycles. The molecule has 1 N–H and O–H groups in total. The van der Waals surface area contributed by atoms with Crippen LogP contribution in [0.4, 0.5) is 0 Å². The van der Waals surface area contributed by atoms with Gasteiger partial charge < -0.3 is 9.47 Å². The first kappa shape index (κ1) is 14.9. The molecule has 1 atom stereocenters. The largest absolute Gasteiger partial charge is 0.469 e. The van der Waals surface area contributed by atoms with E-state index >= 15 is 0 Å². The van der Waals surface area contributed by atoms with Crippen molar-refractivity contribution in [3.63, 3.8) is 0 Å². The minimum absolute atomic E-state index is 0.194. The van der Waals surface area contributed by atoms with Gasteiger partial charge in [-0.1, -0.05) is 0 Å². The third-order valence-corrected chi connectivity index (χ3v) is 1.96. The maximum absolute atomic E-state index is 11.5. The van der Waals surface area contributed by atoms with E-state index in [1.54, 1.807) is 0 Å². The Labute approximate surface area is 96.5 Å². The summed E-state index contributed by atoms with van der Waals surface area (Å²) in [7, 11) is 2.66. The molecule has 0 saturated carbocycles. The van der Waals surface area contributed by atoms with Crippen LogP contribution in [0.3, 0.4) is 0 Å². The second-order valence-corrected chi connectivity index (χ2v) is 4.58. The van der Waals surface area contributed by atoms with Gasteiger partial charge in [-0.15, -0.1) is 0 Å². The number of methoxy groups -OCH3 is 2. The predicted octanol–water partition coefficient (Wildman–Crippen LogP) is 0.869. The van der Waals surface area contributed by atoms with Crippen molar-refractivity contribution in [2.24, 2.45) is 0 Å². The highest BCUT2D eigenvalue weighted by molar-refractivity contribution is 5.77. The van der Waals surface area contributed by atoms with Crippen molar-refractivity contribution in [2.75, 3.05) is 14.2 Å². The van der Waals surface area contributed by atoms with Crippen LogP contribution in [0.25, 0.3) is 0 Å². The zero-order valence-corrected chi connectivity index (χ0v) is 10.6. The standard InChI is InChI=1S/C11H21NO4/c1-11(2,3)12-8(10(14)16-5)6-7-9(13)15-4/h8,12H,6-7H2,1-5H3/t8-/m0/s1. The minimum Gasteiger partial charge on any atom is -0.469 e. The Morgan fingerprint density at radius 1 is 1.19 bits per heavy atom. The van der Waals surface area contributed by atoms with Gasteiger partial charge in [0.1, 0.15) is 6.04 Å². The van der Waals surface area contributed by atoms with E-state index in [4.69, 9.17) is 0 Å². The van der Waals surface area contributed by atoms with Crippen LogP contribution in [0, 0.1) is 0 Å². The van der Waals surface area contributed by atoms with Crippen molar-refractivity contribution >= 4 is 11.9 Å². The maximum atomic E-state index is 11.5. The van der Waals surface area contributed by atoms with Gasteiger partial charge >= 0.3 is 11.9 Å². The van der Waals surface area contributed by atoms with Gasteiger partial charge in [0.05, 0.1) is 14.2 Å². The summed E-state index contributed by atoms with van der Waals surface area (Å²) in [5.41, 5.74) is -0.213. The molecule has 0 aliphatic rings. The fraction of sp³-hybridized carbons (Fsp3) is 0.818. The fourth-order valence-corrected chi connectivity index (χ4v) is 1.28. The molecule has 0 fully saturated rings. The third kappa shape index (κ3) is 6.40. The molecule has 94 valence electrons. The van der Waals surface area contributed by atoms with Crippen LogP contribution in [0.1, 0.15) is 33.6 Å². The van der Waals surface area contributed by atoms with Crippen LogP contribution in [-0.4, -0.2) is 37.7 Å². The fourth-order valence-electron chi connectivity index (χ4n) is 1.28. The summed E-state index contributed by atoms with van der Waals surface area (Å²) >= 11 is 0. The molecule has 0 unspecified atom stereocenters. The zero-order chi connectivity index (χ0) is 12.8. The number of rotatable bonds is 5. The van der Waals surface area contributed by atoms with Crippen LogP contribution < -0.4 is 5.32 Å². The van der Waals surface area contributed by atoms with Gasteiger partial charge in [0.15, 0.2) is 0 Å². The lowest BCUT2D eigenvalue weighted by atomic mass is 10.0. The molecule has 0 spiro atoms. The smallest absolute Gasteiger partial charge is 0.322 e. The molecule has 0 heterocycles. The first-order valence-electron chi connectivity index (χ1n) is 5.22. The molecule has 0 saturated heterocycles. The van der Waals surface area contributed by atoms with Gasteiger partial charge in [0.25, 0.3) is 0 Å². The van der Waals surface area contributed by atoms with Gasteiger partial charge in [-0.3, -0.25) is 14.9 Å². The van der Waals surface area contributed by atoms with Gasteiger partial charge in [0, 0.05) is 12.0 Å². The molecule has 0 aromatic carbocycles. The van der Waals surface area contributed by atoms with E-state index in [0.717, 1.165) is 0 Å². The van der Waals surface area contributed by atoms with E-state index < -0.39 is 6.04 Å². The molecule has 0 radical (unpaired) electrons. The molecule has 0 aromatic heterocycles. The topological polar surface area (TPSA) is 64.6 Å². The van der Waals surface area contributed by atoms with Crippen LogP contribution in [0.2, 0.25) is 0 Å². The van der Waals surface area contributed by atoms with Crippen molar-refractivity contribution in [2.45, 2.75) is 45.2 Å². The summed E-state index contributed by atoms with van der Waals surface area (Å²) in [6.45, 7) is 5.84. The second-order valence-electron chi connectivity index (χ2n) is 4.58. The average molecular weight is 231 g/mol. The number of hydrogen-bond donors (Lipinski definition) is 1. The number of carbonyl (C=O) groups is 2. The number of hydrogen-bond acceptors (Lipinski definition) is 5. The summed E-state index contributed by atoms with van der Waals surface area (Å²) < 4.78 is 9.20. The van der Waals surface area contributed by atoms with Gasteiger partial charge in [-0.2, -0.15) is 0 Å². The molecule has 0 aliphatic heterocycles. The Kier molecular flexibility index (Phi) is 6.03. The van der Waals surface area contributed by atoms with E-state index in [-0.39, 0.29) is 23.9 Å². The van der Waals surface area contributed by atoms with Crippen molar-refractivity contribution in [3.8, 4) is 0 Å². The van der Waals surface area contributed by atoms with E-state index in [9.17, 15) is 9.59 Å². The molecule has 0 amide bonds. The van der Waals surface area contributed by atoms with Gasteiger partial charge in [0.2, 0.25) is 0 Å². The number of carbonyl (C=O) groups excluding carboxylic acids is 2. The Morgan fingerprint density at radius 2 is 1.75 bits per heavy atom. The molecule has 5 heteroatoms. The number of ether oxygens (including phenoxy) is 2. The third-order valence-electron chi connectivity index (χ3n) is 1.96. The van der Waals surface area contributed by atoms with Crippen molar-refractivity contribution in [1.29, 1.82) is 0 Å². The van der Waals surface area contributed by atoms with Gasteiger partial charge in [-0.25, -0.2) is 0 Å². The Hall–Kier alpha value is -1.10. The average Bonchev–Trinajstić information content (AvgIpc) is 2.20. The van der Waals surface area contributed by atoms with Gasteiger partial charge in [-0.05, 0) is 27.2 Å². The minimum atomic E-state index is -0.482. The van der Waals surface area contributed by atoms with E-state index in [0.29, 0.717) is 6.42 Å². The quantitative estimate of drug-likeness (QED) is 0.711. The first-order valence-corrected chi connectivity index (χ1v) is 5.22.